The van der Waals surface area contributed by atoms with E-state index in [9.17, 15) is 14.5 Å². The number of halogens is 1. The molecule has 0 amide bonds. The van der Waals surface area contributed by atoms with Crippen molar-refractivity contribution >= 4 is 28.0 Å². The number of rotatable bonds is 3. The lowest BCUT2D eigenvalue weighted by molar-refractivity contribution is -0.384. The third-order valence-electron chi connectivity index (χ3n) is 2.99. The van der Waals surface area contributed by atoms with Crippen molar-refractivity contribution in [2.24, 2.45) is 0 Å². The quantitative estimate of drug-likeness (QED) is 0.559. The topological polar surface area (TPSA) is 71.0 Å². The summed E-state index contributed by atoms with van der Waals surface area (Å²) in [6.07, 6.45) is 1.81. The molecule has 3 aromatic rings. The molecule has 2 aromatic carbocycles. The number of hydrogen-bond acceptors (Lipinski definition) is 3. The van der Waals surface area contributed by atoms with Crippen LogP contribution in [0.5, 0.6) is 0 Å². The first-order chi connectivity index (χ1) is 9.63. The number of hydrogen-bond donors (Lipinski definition) is 2. The first-order valence-corrected chi connectivity index (χ1v) is 5.91. The predicted molar refractivity (Wildman–Crippen MR) is 74.6 cm³/mol. The molecule has 0 radical (unpaired) electrons. The van der Waals surface area contributed by atoms with Crippen molar-refractivity contribution in [3.8, 4) is 0 Å². The number of fused-ring (bicyclic) bond motifs is 1. The standard InChI is InChI=1S/C14H10FN3O2/c15-10-1-3-13(14(8-10)18(19)20)17-11-2-4-12-9(7-11)5-6-16-12/h1-8,16-17H. The summed E-state index contributed by atoms with van der Waals surface area (Å²) in [6, 6.07) is 10.9. The van der Waals surface area contributed by atoms with Gasteiger partial charge in [-0.2, -0.15) is 0 Å². The Labute approximate surface area is 113 Å². The Bertz CT molecular complexity index is 798. The van der Waals surface area contributed by atoms with Crippen molar-refractivity contribution in [3.05, 3.63) is 64.6 Å². The molecule has 1 heterocycles. The molecule has 0 aliphatic carbocycles. The minimum atomic E-state index is -0.636. The molecular weight excluding hydrogens is 261 g/mol. The molecule has 0 saturated carbocycles. The number of nitrogens with zero attached hydrogens (tertiary/aromatic N) is 1. The molecular formula is C14H10FN3O2. The second kappa shape index (κ2) is 4.65. The van der Waals surface area contributed by atoms with Crippen molar-refractivity contribution in [1.82, 2.24) is 4.98 Å². The number of aromatic amines is 1. The third-order valence-corrected chi connectivity index (χ3v) is 2.99. The van der Waals surface area contributed by atoms with Crippen LogP contribution in [0.15, 0.2) is 48.7 Å². The largest absolute Gasteiger partial charge is 0.361 e. The van der Waals surface area contributed by atoms with E-state index in [2.05, 4.69) is 10.3 Å². The van der Waals surface area contributed by atoms with Crippen LogP contribution < -0.4 is 5.32 Å². The Balaban J connectivity index is 1.99. The molecule has 3 rings (SSSR count). The van der Waals surface area contributed by atoms with Gasteiger partial charge >= 0.3 is 0 Å². The van der Waals surface area contributed by atoms with Gasteiger partial charge in [0.2, 0.25) is 0 Å². The van der Waals surface area contributed by atoms with Gasteiger partial charge in [-0.15, -0.1) is 0 Å². The highest BCUT2D eigenvalue weighted by Crippen LogP contribution is 2.29. The molecule has 0 bridgehead atoms. The monoisotopic (exact) mass is 271 g/mol. The Morgan fingerprint density at radius 1 is 1.15 bits per heavy atom. The van der Waals surface area contributed by atoms with Gasteiger partial charge in [-0.1, -0.05) is 0 Å². The molecule has 0 atom stereocenters. The Kier molecular flexibility index (Phi) is 2.83. The lowest BCUT2D eigenvalue weighted by Gasteiger charge is -2.07. The van der Waals surface area contributed by atoms with Crippen LogP contribution in [0.3, 0.4) is 0 Å². The summed E-state index contributed by atoms with van der Waals surface area (Å²) >= 11 is 0. The lowest BCUT2D eigenvalue weighted by atomic mass is 10.2. The van der Waals surface area contributed by atoms with Crippen LogP contribution >= 0.6 is 0 Å². The zero-order valence-corrected chi connectivity index (χ0v) is 10.3. The Morgan fingerprint density at radius 2 is 2.00 bits per heavy atom. The zero-order valence-electron chi connectivity index (χ0n) is 10.3. The van der Waals surface area contributed by atoms with Gasteiger partial charge in [-0.3, -0.25) is 10.1 Å². The fourth-order valence-corrected chi connectivity index (χ4v) is 2.05. The van der Waals surface area contributed by atoms with E-state index in [-0.39, 0.29) is 11.4 Å². The maximum absolute atomic E-state index is 13.1. The number of aromatic nitrogens is 1. The number of H-pyrrole nitrogens is 1. The molecule has 6 heteroatoms. The molecule has 100 valence electrons. The zero-order chi connectivity index (χ0) is 14.1. The molecule has 0 saturated heterocycles. The maximum Gasteiger partial charge on any atom is 0.295 e. The summed E-state index contributed by atoms with van der Waals surface area (Å²) < 4.78 is 13.1. The van der Waals surface area contributed by atoms with E-state index in [1.807, 2.05) is 24.4 Å². The molecule has 0 spiro atoms. The summed E-state index contributed by atoms with van der Waals surface area (Å²) in [7, 11) is 0. The van der Waals surface area contributed by atoms with Crippen molar-refractivity contribution in [3.63, 3.8) is 0 Å². The minimum Gasteiger partial charge on any atom is -0.361 e. The van der Waals surface area contributed by atoms with Crippen LogP contribution in [0.1, 0.15) is 0 Å². The van der Waals surface area contributed by atoms with E-state index in [0.717, 1.165) is 17.0 Å². The molecule has 0 aliphatic heterocycles. The summed E-state index contributed by atoms with van der Waals surface area (Å²) in [5.41, 5.74) is 1.64. The summed E-state index contributed by atoms with van der Waals surface area (Å²) in [5, 5.41) is 14.9. The number of nitrogens with one attached hydrogen (secondary N) is 2. The Morgan fingerprint density at radius 3 is 2.80 bits per heavy atom. The van der Waals surface area contributed by atoms with Crippen molar-refractivity contribution in [1.29, 1.82) is 0 Å². The van der Waals surface area contributed by atoms with E-state index in [4.69, 9.17) is 0 Å². The lowest BCUT2D eigenvalue weighted by Crippen LogP contribution is -1.97. The van der Waals surface area contributed by atoms with Crippen molar-refractivity contribution < 1.29 is 9.31 Å². The van der Waals surface area contributed by atoms with E-state index >= 15 is 0 Å². The average Bonchev–Trinajstić information content (AvgIpc) is 2.88. The minimum absolute atomic E-state index is 0.256. The highest BCUT2D eigenvalue weighted by atomic mass is 19.1. The maximum atomic E-state index is 13.1. The third kappa shape index (κ3) is 2.18. The molecule has 5 nitrogen and oxygen atoms in total. The first-order valence-electron chi connectivity index (χ1n) is 5.91. The molecule has 0 aliphatic rings. The summed E-state index contributed by atoms with van der Waals surface area (Å²) in [6.45, 7) is 0. The average molecular weight is 271 g/mol. The molecule has 2 N–H and O–H groups in total. The normalized spacial score (nSPS) is 10.7. The summed E-state index contributed by atoms with van der Waals surface area (Å²) in [5.74, 6) is -0.636. The predicted octanol–water partition coefficient (Wildman–Crippen LogP) is 3.96. The van der Waals surface area contributed by atoms with E-state index in [0.29, 0.717) is 5.69 Å². The van der Waals surface area contributed by atoms with Crippen LogP contribution in [-0.4, -0.2) is 9.91 Å². The molecule has 20 heavy (non-hydrogen) atoms. The highest BCUT2D eigenvalue weighted by molar-refractivity contribution is 5.84. The molecule has 0 unspecified atom stereocenters. The van der Waals surface area contributed by atoms with Crippen LogP contribution in [0.25, 0.3) is 10.9 Å². The van der Waals surface area contributed by atoms with Crippen molar-refractivity contribution in [2.75, 3.05) is 5.32 Å². The fraction of sp³-hybridized carbons (Fsp3) is 0. The van der Waals surface area contributed by atoms with Gasteiger partial charge in [-0.05, 0) is 36.4 Å². The van der Waals surface area contributed by atoms with E-state index in [1.165, 1.54) is 12.1 Å². The highest BCUT2D eigenvalue weighted by Gasteiger charge is 2.15. The van der Waals surface area contributed by atoms with E-state index < -0.39 is 10.7 Å². The molecule has 0 fully saturated rings. The number of benzene rings is 2. The smallest absolute Gasteiger partial charge is 0.295 e. The second-order valence-electron chi connectivity index (χ2n) is 4.32. The Hall–Kier alpha value is -2.89. The van der Waals surface area contributed by atoms with Gasteiger partial charge in [0.05, 0.1) is 11.0 Å². The van der Waals surface area contributed by atoms with Crippen molar-refractivity contribution in [2.45, 2.75) is 0 Å². The first kappa shape index (κ1) is 12.2. The second-order valence-corrected chi connectivity index (χ2v) is 4.32. The SMILES string of the molecule is O=[N+]([O-])c1cc(F)ccc1Nc1ccc2[nH]ccc2c1. The van der Waals surface area contributed by atoms with Gasteiger partial charge < -0.3 is 10.3 Å². The van der Waals surface area contributed by atoms with Gasteiger partial charge in [0.1, 0.15) is 11.5 Å². The van der Waals surface area contributed by atoms with Crippen LogP contribution in [-0.2, 0) is 0 Å². The van der Waals surface area contributed by atoms with Crippen LogP contribution in [0.2, 0.25) is 0 Å². The van der Waals surface area contributed by atoms with Gasteiger partial charge in [-0.25, -0.2) is 4.39 Å². The van der Waals surface area contributed by atoms with Crippen LogP contribution in [0.4, 0.5) is 21.5 Å². The number of anilines is 2. The number of nitro groups is 1. The van der Waals surface area contributed by atoms with Gasteiger partial charge in [0, 0.05) is 22.8 Å². The van der Waals surface area contributed by atoms with Crippen LogP contribution in [0, 0.1) is 15.9 Å². The summed E-state index contributed by atoms with van der Waals surface area (Å²) in [4.78, 5) is 13.4. The fourth-order valence-electron chi connectivity index (χ4n) is 2.05. The van der Waals surface area contributed by atoms with E-state index in [1.54, 1.807) is 6.07 Å². The van der Waals surface area contributed by atoms with Gasteiger partial charge in [0.25, 0.3) is 5.69 Å². The van der Waals surface area contributed by atoms with Gasteiger partial charge in [0.15, 0.2) is 0 Å². The molecule has 1 aromatic heterocycles. The number of nitro benzene ring substituents is 1.